The van der Waals surface area contributed by atoms with Crippen LogP contribution in [0.3, 0.4) is 0 Å². The number of rotatable bonds is 4. The molecule has 0 N–H and O–H groups in total. The van der Waals surface area contributed by atoms with Crippen molar-refractivity contribution in [3.05, 3.63) is 53.7 Å². The molecule has 0 saturated heterocycles. The van der Waals surface area contributed by atoms with E-state index in [0.29, 0.717) is 12.2 Å². The molecule has 0 aliphatic rings. The Hall–Kier alpha value is -2.12. The number of nitriles is 1. The van der Waals surface area contributed by atoms with E-state index in [0.717, 1.165) is 17.7 Å². The summed E-state index contributed by atoms with van der Waals surface area (Å²) in [6.07, 6.45) is 5.02. The van der Waals surface area contributed by atoms with Gasteiger partial charge in [-0.05, 0) is 19.2 Å². The standard InChI is InChI=1S/C13H13N3O/c1-16(8-11-4-6-17-10-11)9-12-3-2-5-15-13(12)7-14/h2-6,10H,8-9H2,1H3. The average Bonchev–Trinajstić information content (AvgIpc) is 2.82. The molecule has 2 rings (SSSR count). The van der Waals surface area contributed by atoms with Gasteiger partial charge in [-0.25, -0.2) is 4.98 Å². The van der Waals surface area contributed by atoms with Gasteiger partial charge in [0.25, 0.3) is 0 Å². The van der Waals surface area contributed by atoms with E-state index in [9.17, 15) is 0 Å². The van der Waals surface area contributed by atoms with Crippen LogP contribution < -0.4 is 0 Å². The van der Waals surface area contributed by atoms with Crippen molar-refractivity contribution in [2.24, 2.45) is 0 Å². The average molecular weight is 227 g/mol. The molecule has 0 saturated carbocycles. The summed E-state index contributed by atoms with van der Waals surface area (Å²) in [6.45, 7) is 1.48. The largest absolute Gasteiger partial charge is 0.472 e. The van der Waals surface area contributed by atoms with E-state index in [4.69, 9.17) is 9.68 Å². The number of hydrogen-bond acceptors (Lipinski definition) is 4. The SMILES string of the molecule is CN(Cc1ccoc1)Cc1cccnc1C#N. The summed E-state index contributed by atoms with van der Waals surface area (Å²) in [5.41, 5.74) is 2.56. The van der Waals surface area contributed by atoms with Gasteiger partial charge >= 0.3 is 0 Å². The first-order valence-corrected chi connectivity index (χ1v) is 5.33. The van der Waals surface area contributed by atoms with Crippen molar-refractivity contribution in [3.8, 4) is 6.07 Å². The van der Waals surface area contributed by atoms with E-state index in [1.165, 1.54) is 0 Å². The summed E-state index contributed by atoms with van der Waals surface area (Å²) >= 11 is 0. The Labute approximate surface area is 100 Å². The summed E-state index contributed by atoms with van der Waals surface area (Å²) in [4.78, 5) is 6.15. The second kappa shape index (κ2) is 5.28. The molecule has 0 aliphatic carbocycles. The molecule has 0 atom stereocenters. The summed E-state index contributed by atoms with van der Waals surface area (Å²) < 4.78 is 5.02. The van der Waals surface area contributed by atoms with Crippen LogP contribution in [-0.4, -0.2) is 16.9 Å². The lowest BCUT2D eigenvalue weighted by molar-refractivity contribution is 0.317. The molecule has 0 radical (unpaired) electrons. The van der Waals surface area contributed by atoms with Crippen LogP contribution in [0.2, 0.25) is 0 Å². The molecule has 0 fully saturated rings. The number of furan rings is 1. The lowest BCUT2D eigenvalue weighted by Gasteiger charge is -2.15. The topological polar surface area (TPSA) is 53.1 Å². The Kier molecular flexibility index (Phi) is 3.53. The van der Waals surface area contributed by atoms with E-state index in [-0.39, 0.29) is 0 Å². The fourth-order valence-electron chi connectivity index (χ4n) is 1.71. The minimum atomic E-state index is 0.492. The van der Waals surface area contributed by atoms with Crippen molar-refractivity contribution >= 4 is 0 Å². The molecule has 2 aromatic heterocycles. The second-order valence-electron chi connectivity index (χ2n) is 3.93. The first kappa shape index (κ1) is 11.4. The molecule has 0 spiro atoms. The maximum atomic E-state index is 8.94. The van der Waals surface area contributed by atoms with Crippen LogP contribution >= 0.6 is 0 Å². The summed E-state index contributed by atoms with van der Waals surface area (Å²) in [5, 5.41) is 8.94. The van der Waals surface area contributed by atoms with Crippen molar-refractivity contribution in [2.45, 2.75) is 13.1 Å². The van der Waals surface area contributed by atoms with Crippen molar-refractivity contribution in [2.75, 3.05) is 7.05 Å². The van der Waals surface area contributed by atoms with Gasteiger partial charge in [0.15, 0.2) is 0 Å². The molecule has 0 aliphatic heterocycles. The first-order chi connectivity index (χ1) is 8.29. The van der Waals surface area contributed by atoms with Gasteiger partial charge in [0, 0.05) is 30.4 Å². The molecule has 2 aromatic rings. The molecule has 17 heavy (non-hydrogen) atoms. The van der Waals surface area contributed by atoms with Crippen molar-refractivity contribution in [3.63, 3.8) is 0 Å². The smallest absolute Gasteiger partial charge is 0.144 e. The lowest BCUT2D eigenvalue weighted by atomic mass is 10.2. The molecule has 0 bridgehead atoms. The van der Waals surface area contributed by atoms with Gasteiger partial charge in [-0.3, -0.25) is 4.90 Å². The zero-order valence-corrected chi connectivity index (χ0v) is 9.63. The highest BCUT2D eigenvalue weighted by atomic mass is 16.3. The predicted molar refractivity (Wildman–Crippen MR) is 62.8 cm³/mol. The van der Waals surface area contributed by atoms with Gasteiger partial charge in [0.1, 0.15) is 11.8 Å². The molecule has 2 heterocycles. The Morgan fingerprint density at radius 2 is 2.29 bits per heavy atom. The maximum absolute atomic E-state index is 8.94. The molecule has 86 valence electrons. The number of aromatic nitrogens is 1. The second-order valence-corrected chi connectivity index (χ2v) is 3.93. The fourth-order valence-corrected chi connectivity index (χ4v) is 1.71. The van der Waals surface area contributed by atoms with Crippen molar-refractivity contribution < 1.29 is 4.42 Å². The number of pyridine rings is 1. The van der Waals surface area contributed by atoms with Crippen molar-refractivity contribution in [1.29, 1.82) is 5.26 Å². The third-order valence-corrected chi connectivity index (χ3v) is 2.47. The molecule has 4 nitrogen and oxygen atoms in total. The number of hydrogen-bond donors (Lipinski definition) is 0. The Balaban J connectivity index is 2.03. The van der Waals surface area contributed by atoms with Crippen LogP contribution in [0.1, 0.15) is 16.8 Å². The van der Waals surface area contributed by atoms with Gasteiger partial charge in [-0.2, -0.15) is 5.26 Å². The van der Waals surface area contributed by atoms with Gasteiger partial charge in [0.05, 0.1) is 12.5 Å². The van der Waals surface area contributed by atoms with Crippen LogP contribution in [0.4, 0.5) is 0 Å². The van der Waals surface area contributed by atoms with E-state index < -0.39 is 0 Å². The van der Waals surface area contributed by atoms with Crippen LogP contribution in [0.15, 0.2) is 41.3 Å². The summed E-state index contributed by atoms with van der Waals surface area (Å²) in [6, 6.07) is 7.82. The lowest BCUT2D eigenvalue weighted by Crippen LogP contribution is -2.17. The molecule has 0 unspecified atom stereocenters. The van der Waals surface area contributed by atoms with Gasteiger partial charge in [-0.15, -0.1) is 0 Å². The quantitative estimate of drug-likeness (QED) is 0.803. The van der Waals surface area contributed by atoms with E-state index in [1.54, 1.807) is 18.7 Å². The molecule has 4 heteroatoms. The number of nitrogens with zero attached hydrogens (tertiary/aromatic N) is 3. The Morgan fingerprint density at radius 1 is 1.41 bits per heavy atom. The first-order valence-electron chi connectivity index (χ1n) is 5.33. The predicted octanol–water partition coefficient (Wildman–Crippen LogP) is 2.18. The normalized spacial score (nSPS) is 10.4. The zero-order valence-electron chi connectivity index (χ0n) is 9.63. The van der Waals surface area contributed by atoms with Crippen LogP contribution in [0.25, 0.3) is 0 Å². The van der Waals surface area contributed by atoms with Crippen molar-refractivity contribution in [1.82, 2.24) is 9.88 Å². The molecule has 0 amide bonds. The third-order valence-electron chi connectivity index (χ3n) is 2.47. The van der Waals surface area contributed by atoms with E-state index >= 15 is 0 Å². The van der Waals surface area contributed by atoms with E-state index in [2.05, 4.69) is 16.0 Å². The third kappa shape index (κ3) is 2.92. The van der Waals surface area contributed by atoms with Crippen LogP contribution in [0.5, 0.6) is 0 Å². The summed E-state index contributed by atoms with van der Waals surface area (Å²) in [7, 11) is 2.00. The van der Waals surface area contributed by atoms with Gasteiger partial charge < -0.3 is 4.42 Å². The van der Waals surface area contributed by atoms with Gasteiger partial charge in [0.2, 0.25) is 0 Å². The summed E-state index contributed by atoms with van der Waals surface area (Å²) in [5.74, 6) is 0. The monoisotopic (exact) mass is 227 g/mol. The minimum absolute atomic E-state index is 0.492. The maximum Gasteiger partial charge on any atom is 0.144 e. The minimum Gasteiger partial charge on any atom is -0.472 e. The highest BCUT2D eigenvalue weighted by molar-refractivity contribution is 5.30. The zero-order chi connectivity index (χ0) is 12.1. The fraction of sp³-hybridized carbons (Fsp3) is 0.231. The van der Waals surface area contributed by atoms with Gasteiger partial charge in [-0.1, -0.05) is 6.07 Å². The van der Waals surface area contributed by atoms with Crippen LogP contribution in [0, 0.1) is 11.3 Å². The Bertz CT molecular complexity index is 514. The Morgan fingerprint density at radius 3 is 3.00 bits per heavy atom. The molecular weight excluding hydrogens is 214 g/mol. The highest BCUT2D eigenvalue weighted by Crippen LogP contribution is 2.10. The molecule has 0 aromatic carbocycles. The van der Waals surface area contributed by atoms with Crippen LogP contribution in [-0.2, 0) is 13.1 Å². The van der Waals surface area contributed by atoms with E-state index in [1.807, 2.05) is 25.2 Å². The molecular formula is C13H13N3O. The highest BCUT2D eigenvalue weighted by Gasteiger charge is 2.07.